The van der Waals surface area contributed by atoms with Crippen LogP contribution in [0.1, 0.15) is 24.9 Å². The van der Waals surface area contributed by atoms with Gasteiger partial charge in [0, 0.05) is 32.0 Å². The van der Waals surface area contributed by atoms with Crippen LogP contribution >= 0.6 is 0 Å². The second-order valence-electron chi connectivity index (χ2n) is 4.47. The van der Waals surface area contributed by atoms with E-state index in [9.17, 15) is 0 Å². The molecule has 5 heteroatoms. The third-order valence-electron chi connectivity index (χ3n) is 2.55. The third-order valence-corrected chi connectivity index (χ3v) is 2.55. The standard InChI is InChI=1S/C13H24N4O/c1-5-6-14-12-9-11(2)15-13(16-12)10-17(3)7-8-18-4/h9H,5-8,10H2,1-4H3,(H,14,15,16). The first kappa shape index (κ1) is 14.9. The molecule has 1 aromatic rings. The van der Waals surface area contributed by atoms with E-state index >= 15 is 0 Å². The van der Waals surface area contributed by atoms with Crippen LogP contribution in [-0.4, -0.2) is 48.7 Å². The Labute approximate surface area is 110 Å². The Morgan fingerprint density at radius 2 is 2.17 bits per heavy atom. The lowest BCUT2D eigenvalue weighted by molar-refractivity contribution is 0.157. The summed E-state index contributed by atoms with van der Waals surface area (Å²) in [5, 5.41) is 3.30. The maximum absolute atomic E-state index is 5.06. The summed E-state index contributed by atoms with van der Waals surface area (Å²) in [4.78, 5) is 11.1. The molecule has 1 rings (SSSR count). The van der Waals surface area contributed by atoms with E-state index in [0.29, 0.717) is 0 Å². The molecule has 1 aromatic heterocycles. The molecule has 0 fully saturated rings. The smallest absolute Gasteiger partial charge is 0.144 e. The Hall–Kier alpha value is -1.20. The van der Waals surface area contributed by atoms with Gasteiger partial charge in [-0.1, -0.05) is 6.92 Å². The lowest BCUT2D eigenvalue weighted by Gasteiger charge is -2.15. The molecule has 1 N–H and O–H groups in total. The van der Waals surface area contributed by atoms with E-state index < -0.39 is 0 Å². The largest absolute Gasteiger partial charge is 0.383 e. The molecule has 1 heterocycles. The SMILES string of the molecule is CCCNc1cc(C)nc(CN(C)CCOC)n1. The van der Waals surface area contributed by atoms with Crippen LogP contribution in [0.2, 0.25) is 0 Å². The number of nitrogens with zero attached hydrogens (tertiary/aromatic N) is 3. The number of hydrogen-bond acceptors (Lipinski definition) is 5. The first-order chi connectivity index (χ1) is 8.65. The van der Waals surface area contributed by atoms with E-state index in [0.717, 1.165) is 50.0 Å². The van der Waals surface area contributed by atoms with E-state index in [1.165, 1.54) is 0 Å². The molecule has 18 heavy (non-hydrogen) atoms. The van der Waals surface area contributed by atoms with Crippen molar-refractivity contribution in [2.24, 2.45) is 0 Å². The van der Waals surface area contributed by atoms with Crippen LogP contribution < -0.4 is 5.32 Å². The molecule has 0 amide bonds. The number of hydrogen-bond donors (Lipinski definition) is 1. The number of aromatic nitrogens is 2. The van der Waals surface area contributed by atoms with Crippen LogP contribution in [0.3, 0.4) is 0 Å². The highest BCUT2D eigenvalue weighted by Gasteiger charge is 2.05. The van der Waals surface area contributed by atoms with Crippen LogP contribution in [0.25, 0.3) is 0 Å². The van der Waals surface area contributed by atoms with Gasteiger partial charge in [0.1, 0.15) is 11.6 Å². The van der Waals surface area contributed by atoms with Gasteiger partial charge in [0.15, 0.2) is 0 Å². The Bertz CT molecular complexity index is 357. The Morgan fingerprint density at radius 3 is 2.83 bits per heavy atom. The minimum Gasteiger partial charge on any atom is -0.383 e. The summed E-state index contributed by atoms with van der Waals surface area (Å²) in [6.07, 6.45) is 1.09. The molecule has 0 radical (unpaired) electrons. The van der Waals surface area contributed by atoms with E-state index in [4.69, 9.17) is 4.74 Å². The van der Waals surface area contributed by atoms with Gasteiger partial charge in [0.2, 0.25) is 0 Å². The first-order valence-corrected chi connectivity index (χ1v) is 6.41. The summed E-state index contributed by atoms with van der Waals surface area (Å²) in [5.74, 6) is 1.77. The summed E-state index contributed by atoms with van der Waals surface area (Å²) in [6, 6.07) is 1.98. The molecule has 0 atom stereocenters. The van der Waals surface area contributed by atoms with Gasteiger partial charge in [-0.05, 0) is 20.4 Å². The number of aryl methyl sites for hydroxylation is 1. The number of rotatable bonds is 8. The summed E-state index contributed by atoms with van der Waals surface area (Å²) in [6.45, 7) is 7.42. The molecule has 0 aliphatic rings. The van der Waals surface area contributed by atoms with Gasteiger partial charge in [0.05, 0.1) is 13.2 Å². The van der Waals surface area contributed by atoms with Crippen LogP contribution in [0, 0.1) is 6.92 Å². The molecular formula is C13H24N4O. The fourth-order valence-corrected chi connectivity index (χ4v) is 1.61. The zero-order valence-corrected chi connectivity index (χ0v) is 11.9. The summed E-state index contributed by atoms with van der Waals surface area (Å²) in [7, 11) is 3.76. The normalized spacial score (nSPS) is 10.9. The second kappa shape index (κ2) is 8.00. The average molecular weight is 252 g/mol. The third kappa shape index (κ3) is 5.42. The van der Waals surface area contributed by atoms with Crippen molar-refractivity contribution in [3.63, 3.8) is 0 Å². The first-order valence-electron chi connectivity index (χ1n) is 6.41. The minimum atomic E-state index is 0.725. The highest BCUT2D eigenvalue weighted by molar-refractivity contribution is 5.35. The molecule has 0 bridgehead atoms. The van der Waals surface area contributed by atoms with E-state index in [1.54, 1.807) is 7.11 Å². The van der Waals surface area contributed by atoms with Crippen molar-refractivity contribution in [1.82, 2.24) is 14.9 Å². The number of ether oxygens (including phenoxy) is 1. The van der Waals surface area contributed by atoms with Gasteiger partial charge in [-0.25, -0.2) is 9.97 Å². The summed E-state index contributed by atoms with van der Waals surface area (Å²) >= 11 is 0. The fraction of sp³-hybridized carbons (Fsp3) is 0.692. The molecule has 0 unspecified atom stereocenters. The van der Waals surface area contributed by atoms with Gasteiger partial charge < -0.3 is 10.1 Å². The maximum atomic E-state index is 5.06. The van der Waals surface area contributed by atoms with Crippen molar-refractivity contribution < 1.29 is 4.74 Å². The summed E-state index contributed by atoms with van der Waals surface area (Å²) < 4.78 is 5.06. The molecule has 0 aliphatic heterocycles. The predicted molar refractivity (Wildman–Crippen MR) is 73.8 cm³/mol. The van der Waals surface area contributed by atoms with Gasteiger partial charge >= 0.3 is 0 Å². The van der Waals surface area contributed by atoms with Crippen molar-refractivity contribution in [1.29, 1.82) is 0 Å². The number of anilines is 1. The highest BCUT2D eigenvalue weighted by Crippen LogP contribution is 2.07. The molecule has 0 aromatic carbocycles. The molecule has 5 nitrogen and oxygen atoms in total. The van der Waals surface area contributed by atoms with E-state index in [-0.39, 0.29) is 0 Å². The minimum absolute atomic E-state index is 0.725. The summed E-state index contributed by atoms with van der Waals surface area (Å²) in [5.41, 5.74) is 0.999. The van der Waals surface area contributed by atoms with Crippen LogP contribution in [0.15, 0.2) is 6.07 Å². The van der Waals surface area contributed by atoms with E-state index in [2.05, 4.69) is 27.1 Å². The van der Waals surface area contributed by atoms with Gasteiger partial charge in [-0.3, -0.25) is 4.90 Å². The molecular weight excluding hydrogens is 228 g/mol. The number of nitrogens with one attached hydrogen (secondary N) is 1. The molecule has 102 valence electrons. The Balaban J connectivity index is 2.61. The quantitative estimate of drug-likeness (QED) is 0.763. The van der Waals surface area contributed by atoms with Gasteiger partial charge in [-0.15, -0.1) is 0 Å². The zero-order chi connectivity index (χ0) is 13.4. The Kier molecular flexibility index (Phi) is 6.60. The van der Waals surface area contributed by atoms with Crippen LogP contribution in [0.5, 0.6) is 0 Å². The highest BCUT2D eigenvalue weighted by atomic mass is 16.5. The lowest BCUT2D eigenvalue weighted by Crippen LogP contribution is -2.23. The van der Waals surface area contributed by atoms with Crippen molar-refractivity contribution in [3.8, 4) is 0 Å². The monoisotopic (exact) mass is 252 g/mol. The number of likely N-dealkylation sites (N-methyl/N-ethyl adjacent to an activating group) is 1. The Morgan fingerprint density at radius 1 is 1.39 bits per heavy atom. The van der Waals surface area contributed by atoms with E-state index in [1.807, 2.05) is 20.0 Å². The molecule has 0 saturated heterocycles. The molecule has 0 saturated carbocycles. The lowest BCUT2D eigenvalue weighted by atomic mass is 10.3. The molecule has 0 aliphatic carbocycles. The van der Waals surface area contributed by atoms with Crippen molar-refractivity contribution >= 4 is 5.82 Å². The fourth-order valence-electron chi connectivity index (χ4n) is 1.61. The van der Waals surface area contributed by atoms with Crippen molar-refractivity contribution in [2.75, 3.05) is 39.2 Å². The maximum Gasteiger partial charge on any atom is 0.144 e. The van der Waals surface area contributed by atoms with Crippen molar-refractivity contribution in [3.05, 3.63) is 17.6 Å². The topological polar surface area (TPSA) is 50.3 Å². The van der Waals surface area contributed by atoms with Gasteiger partial charge in [-0.2, -0.15) is 0 Å². The number of methoxy groups -OCH3 is 1. The van der Waals surface area contributed by atoms with Crippen LogP contribution in [0.4, 0.5) is 5.82 Å². The zero-order valence-electron chi connectivity index (χ0n) is 11.9. The predicted octanol–water partition coefficient (Wildman–Crippen LogP) is 1.69. The van der Waals surface area contributed by atoms with Gasteiger partial charge in [0.25, 0.3) is 0 Å². The molecule has 0 spiro atoms. The van der Waals surface area contributed by atoms with Crippen molar-refractivity contribution in [2.45, 2.75) is 26.8 Å². The average Bonchev–Trinajstić information content (AvgIpc) is 2.33. The second-order valence-corrected chi connectivity index (χ2v) is 4.47. The van der Waals surface area contributed by atoms with Crippen LogP contribution in [-0.2, 0) is 11.3 Å².